The Hall–Kier alpha value is -0.910. The number of carbonyl (C=O) groups excluding carboxylic acids is 1. The van der Waals surface area contributed by atoms with Crippen LogP contribution in [0.1, 0.15) is 92.9 Å². The SMILES string of the molecule is COC(=O)[C@]12CC[C@@H](C)[C@H](C)[C@H]1C1=CC[C@@H]3[C@@]4(C)C[C@@H](O)[C@@H](O)[C@@](C)(CO)[C@@H]4CC[C@@]3(C)[C@]1(C)CC2. The van der Waals surface area contributed by atoms with E-state index in [0.717, 1.165) is 44.9 Å². The fraction of sp³-hybridized carbons (Fsp3) is 0.903. The van der Waals surface area contributed by atoms with Crippen molar-refractivity contribution in [3.8, 4) is 0 Å². The van der Waals surface area contributed by atoms with E-state index in [1.807, 2.05) is 6.92 Å². The first-order valence-electron chi connectivity index (χ1n) is 14.5. The average Bonchev–Trinajstić information content (AvgIpc) is 2.84. The van der Waals surface area contributed by atoms with Crippen molar-refractivity contribution in [1.29, 1.82) is 0 Å². The van der Waals surface area contributed by atoms with Crippen molar-refractivity contribution in [2.75, 3.05) is 13.7 Å². The second kappa shape index (κ2) is 8.29. The van der Waals surface area contributed by atoms with Crippen molar-refractivity contribution in [1.82, 2.24) is 0 Å². The Bertz CT molecular complexity index is 945. The number of hydrogen-bond donors (Lipinski definition) is 3. The zero-order valence-corrected chi connectivity index (χ0v) is 23.6. The fourth-order valence-electron chi connectivity index (χ4n) is 11.2. The molecule has 204 valence electrons. The summed E-state index contributed by atoms with van der Waals surface area (Å²) >= 11 is 0. The number of ether oxygens (including phenoxy) is 1. The van der Waals surface area contributed by atoms with E-state index in [1.54, 1.807) is 7.11 Å². The highest BCUT2D eigenvalue weighted by molar-refractivity contribution is 5.78. The molecule has 0 heterocycles. The predicted molar refractivity (Wildman–Crippen MR) is 140 cm³/mol. The van der Waals surface area contributed by atoms with Gasteiger partial charge < -0.3 is 20.1 Å². The van der Waals surface area contributed by atoms with E-state index in [2.05, 4.69) is 40.7 Å². The number of aliphatic hydroxyl groups excluding tert-OH is 3. The highest BCUT2D eigenvalue weighted by Crippen LogP contribution is 2.75. The molecule has 0 aromatic carbocycles. The molecule has 0 aromatic heterocycles. The molecule has 4 fully saturated rings. The number of carbonyl (C=O) groups is 1. The molecule has 3 N–H and O–H groups in total. The molecule has 0 aliphatic heterocycles. The molecule has 5 aliphatic rings. The summed E-state index contributed by atoms with van der Waals surface area (Å²) in [4.78, 5) is 13.4. The summed E-state index contributed by atoms with van der Waals surface area (Å²) in [6.07, 6.45) is 8.18. The maximum Gasteiger partial charge on any atom is 0.312 e. The van der Waals surface area contributed by atoms with Gasteiger partial charge in [-0.15, -0.1) is 0 Å². The Morgan fingerprint density at radius 2 is 1.72 bits per heavy atom. The lowest BCUT2D eigenvalue weighted by molar-refractivity contribution is -0.244. The second-order valence-electron chi connectivity index (χ2n) is 14.7. The summed E-state index contributed by atoms with van der Waals surface area (Å²) in [7, 11) is 1.56. The Balaban J connectivity index is 1.62. The highest BCUT2D eigenvalue weighted by Gasteiger charge is 2.70. The minimum absolute atomic E-state index is 0.0137. The summed E-state index contributed by atoms with van der Waals surface area (Å²) in [5.41, 5.74) is 0.240. The number of hydrogen-bond acceptors (Lipinski definition) is 5. The van der Waals surface area contributed by atoms with Gasteiger partial charge in [-0.2, -0.15) is 0 Å². The Labute approximate surface area is 218 Å². The van der Waals surface area contributed by atoms with Crippen molar-refractivity contribution >= 4 is 5.97 Å². The van der Waals surface area contributed by atoms with Crippen LogP contribution < -0.4 is 0 Å². The molecule has 5 nitrogen and oxygen atoms in total. The van der Waals surface area contributed by atoms with Crippen LogP contribution in [0.25, 0.3) is 0 Å². The van der Waals surface area contributed by atoms with Gasteiger partial charge in [0.2, 0.25) is 0 Å². The van der Waals surface area contributed by atoms with Crippen LogP contribution >= 0.6 is 0 Å². The molecule has 5 heteroatoms. The number of esters is 1. The lowest BCUT2D eigenvalue weighted by Crippen LogP contribution is -2.68. The summed E-state index contributed by atoms with van der Waals surface area (Å²) in [6, 6.07) is 0. The van der Waals surface area contributed by atoms with Gasteiger partial charge in [-0.1, -0.05) is 53.2 Å². The van der Waals surface area contributed by atoms with Crippen LogP contribution in [-0.4, -0.2) is 47.2 Å². The molecule has 0 radical (unpaired) electrons. The Morgan fingerprint density at radius 1 is 1.03 bits per heavy atom. The van der Waals surface area contributed by atoms with Crippen LogP contribution in [-0.2, 0) is 9.53 Å². The van der Waals surface area contributed by atoms with Gasteiger partial charge in [-0.05, 0) is 97.2 Å². The first kappa shape index (κ1) is 26.7. The van der Waals surface area contributed by atoms with E-state index in [-0.39, 0.29) is 40.7 Å². The number of rotatable bonds is 2. The summed E-state index contributed by atoms with van der Waals surface area (Å²) in [5, 5.41) is 32.5. The van der Waals surface area contributed by atoms with Gasteiger partial charge in [0.05, 0.1) is 31.3 Å². The van der Waals surface area contributed by atoms with Crippen molar-refractivity contribution < 1.29 is 24.9 Å². The number of fused-ring (bicyclic) bond motifs is 7. The second-order valence-corrected chi connectivity index (χ2v) is 14.7. The lowest BCUT2D eigenvalue weighted by Gasteiger charge is -2.71. The van der Waals surface area contributed by atoms with E-state index in [1.165, 1.54) is 5.57 Å². The summed E-state index contributed by atoms with van der Waals surface area (Å²) < 4.78 is 5.48. The molecule has 0 bridgehead atoms. The molecule has 36 heavy (non-hydrogen) atoms. The number of methoxy groups -OCH3 is 1. The molecule has 0 spiro atoms. The standard InChI is InChI=1S/C31H50O5/c1-18-10-13-31(26(35)36-7)15-14-29(5)20(24(31)19(18)2)8-9-23-27(3)16-21(33)25(34)28(4,17-32)22(27)11-12-30(23,29)6/h8,18-19,21-25,32-34H,9-17H2,1-7H3/t18-,19+,21-,22-,23-,24+,25-,27+,28+,29-,30-,31+/m1/s1. The van der Waals surface area contributed by atoms with Gasteiger partial charge in [0.1, 0.15) is 0 Å². The third-order valence-electron chi connectivity index (χ3n) is 13.7. The molecule has 12 atom stereocenters. The van der Waals surface area contributed by atoms with Crippen LogP contribution in [0.2, 0.25) is 0 Å². The first-order valence-corrected chi connectivity index (χ1v) is 14.5. The fourth-order valence-corrected chi connectivity index (χ4v) is 11.2. The molecule has 4 saturated carbocycles. The van der Waals surface area contributed by atoms with Gasteiger partial charge in [-0.25, -0.2) is 0 Å². The smallest absolute Gasteiger partial charge is 0.312 e. The monoisotopic (exact) mass is 502 g/mol. The molecule has 5 rings (SSSR count). The summed E-state index contributed by atoms with van der Waals surface area (Å²) in [5.74, 6) is 1.73. The normalized spacial score (nSPS) is 56.4. The highest BCUT2D eigenvalue weighted by atomic mass is 16.5. The quantitative estimate of drug-likeness (QED) is 0.360. The van der Waals surface area contributed by atoms with E-state index in [0.29, 0.717) is 24.2 Å². The molecule has 5 aliphatic carbocycles. The van der Waals surface area contributed by atoms with E-state index >= 15 is 0 Å². The third-order valence-corrected chi connectivity index (χ3v) is 13.7. The summed E-state index contributed by atoms with van der Waals surface area (Å²) in [6.45, 7) is 13.9. The van der Waals surface area contributed by atoms with Gasteiger partial charge >= 0.3 is 5.97 Å². The van der Waals surface area contributed by atoms with Crippen LogP contribution in [0.5, 0.6) is 0 Å². The molecular weight excluding hydrogens is 452 g/mol. The third kappa shape index (κ3) is 3.03. The van der Waals surface area contributed by atoms with Crippen molar-refractivity contribution in [2.24, 2.45) is 56.7 Å². The van der Waals surface area contributed by atoms with Gasteiger partial charge in [-0.3, -0.25) is 4.79 Å². The Morgan fingerprint density at radius 3 is 2.36 bits per heavy atom. The average molecular weight is 503 g/mol. The van der Waals surface area contributed by atoms with Crippen molar-refractivity contribution in [3.63, 3.8) is 0 Å². The molecule has 0 saturated heterocycles. The van der Waals surface area contributed by atoms with E-state index in [9.17, 15) is 20.1 Å². The minimum atomic E-state index is -0.893. The zero-order chi connectivity index (χ0) is 26.5. The van der Waals surface area contributed by atoms with Crippen LogP contribution in [0.4, 0.5) is 0 Å². The van der Waals surface area contributed by atoms with E-state index < -0.39 is 23.0 Å². The molecular formula is C31H50O5. The molecule has 0 unspecified atom stereocenters. The number of allylic oxidation sites excluding steroid dienone is 2. The molecule has 0 aromatic rings. The van der Waals surface area contributed by atoms with Gasteiger partial charge in [0.15, 0.2) is 0 Å². The molecule has 0 amide bonds. The van der Waals surface area contributed by atoms with Gasteiger partial charge in [0.25, 0.3) is 0 Å². The minimum Gasteiger partial charge on any atom is -0.469 e. The largest absolute Gasteiger partial charge is 0.469 e. The topological polar surface area (TPSA) is 87.0 Å². The predicted octanol–water partition coefficient (Wildman–Crippen LogP) is 5.12. The zero-order valence-electron chi connectivity index (χ0n) is 23.6. The maximum absolute atomic E-state index is 13.4. The van der Waals surface area contributed by atoms with Crippen LogP contribution in [0, 0.1) is 56.7 Å². The van der Waals surface area contributed by atoms with Crippen LogP contribution in [0.3, 0.4) is 0 Å². The Kier molecular flexibility index (Phi) is 6.15. The van der Waals surface area contributed by atoms with Crippen molar-refractivity contribution in [2.45, 2.75) is 105 Å². The van der Waals surface area contributed by atoms with Crippen LogP contribution in [0.15, 0.2) is 11.6 Å². The number of aliphatic hydroxyl groups is 3. The maximum atomic E-state index is 13.4. The van der Waals surface area contributed by atoms with Gasteiger partial charge in [0, 0.05) is 5.41 Å². The van der Waals surface area contributed by atoms with Crippen molar-refractivity contribution in [3.05, 3.63) is 11.6 Å². The lowest BCUT2D eigenvalue weighted by atomic mass is 9.33. The first-order chi connectivity index (χ1) is 16.8. The van der Waals surface area contributed by atoms with E-state index in [4.69, 9.17) is 4.74 Å².